The molecular weight excluding hydrogens is 285 g/mol. The van der Waals surface area contributed by atoms with Gasteiger partial charge in [-0.3, -0.25) is 0 Å². The maximum absolute atomic E-state index is 13.0. The zero-order valence-corrected chi connectivity index (χ0v) is 11.8. The van der Waals surface area contributed by atoms with E-state index in [0.29, 0.717) is 5.65 Å². The molecule has 0 unspecified atom stereocenters. The van der Waals surface area contributed by atoms with E-state index in [4.69, 9.17) is 0 Å². The molecule has 1 aliphatic heterocycles. The minimum atomic E-state index is -0.207. The second-order valence-electron chi connectivity index (χ2n) is 5.17. The highest BCUT2D eigenvalue weighted by Gasteiger charge is 2.19. The summed E-state index contributed by atoms with van der Waals surface area (Å²) in [5.41, 5.74) is 1.68. The summed E-state index contributed by atoms with van der Waals surface area (Å²) in [4.78, 5) is 4.44. The molecule has 0 aliphatic carbocycles. The van der Waals surface area contributed by atoms with Crippen LogP contribution in [0.1, 0.15) is 0 Å². The van der Waals surface area contributed by atoms with Crippen molar-refractivity contribution in [1.82, 2.24) is 25.3 Å². The molecule has 0 saturated carbocycles. The van der Waals surface area contributed by atoms with Gasteiger partial charge in [0.05, 0.1) is 0 Å². The number of aromatic nitrogens is 5. The Morgan fingerprint density at radius 3 is 2.36 bits per heavy atom. The molecule has 8 heteroatoms. The lowest BCUT2D eigenvalue weighted by Crippen LogP contribution is -2.47. The van der Waals surface area contributed by atoms with Crippen LogP contribution >= 0.6 is 0 Å². The number of benzene rings is 1. The van der Waals surface area contributed by atoms with E-state index in [1.165, 1.54) is 16.8 Å². The molecule has 0 spiro atoms. The van der Waals surface area contributed by atoms with Gasteiger partial charge in [-0.05, 0) is 46.8 Å². The number of piperazine rings is 1. The van der Waals surface area contributed by atoms with E-state index in [2.05, 4.69) is 30.4 Å². The molecule has 1 fully saturated rings. The van der Waals surface area contributed by atoms with Gasteiger partial charge in [-0.15, -0.1) is 14.8 Å². The highest BCUT2D eigenvalue weighted by atomic mass is 19.1. The monoisotopic (exact) mass is 299 g/mol. The number of halogens is 1. The Bertz CT molecular complexity index is 777. The second-order valence-corrected chi connectivity index (χ2v) is 5.17. The van der Waals surface area contributed by atoms with E-state index in [-0.39, 0.29) is 5.82 Å². The third-order valence-electron chi connectivity index (χ3n) is 3.85. The van der Waals surface area contributed by atoms with Gasteiger partial charge in [0.25, 0.3) is 0 Å². The Labute approximate surface area is 125 Å². The van der Waals surface area contributed by atoms with E-state index in [1.54, 1.807) is 0 Å². The molecule has 1 aliphatic rings. The number of rotatable bonds is 2. The Hall–Kier alpha value is -2.77. The molecule has 0 atom stereocenters. The molecule has 0 N–H and O–H groups in total. The van der Waals surface area contributed by atoms with Crippen molar-refractivity contribution in [2.45, 2.75) is 0 Å². The fourth-order valence-corrected chi connectivity index (χ4v) is 2.65. The number of hydrogen-bond donors (Lipinski definition) is 0. The van der Waals surface area contributed by atoms with E-state index < -0.39 is 0 Å². The van der Waals surface area contributed by atoms with E-state index in [1.807, 2.05) is 24.3 Å². The molecule has 3 aromatic rings. The Balaban J connectivity index is 1.47. The van der Waals surface area contributed by atoms with Crippen molar-refractivity contribution in [2.24, 2.45) is 0 Å². The summed E-state index contributed by atoms with van der Waals surface area (Å²) < 4.78 is 14.4. The molecule has 1 aromatic carbocycles. The average Bonchev–Trinajstić information content (AvgIpc) is 3.03. The lowest BCUT2D eigenvalue weighted by atomic mass is 10.2. The van der Waals surface area contributed by atoms with E-state index >= 15 is 0 Å². The number of tetrazole rings is 1. The zero-order valence-electron chi connectivity index (χ0n) is 11.8. The van der Waals surface area contributed by atoms with Gasteiger partial charge in [-0.25, -0.2) is 4.39 Å². The van der Waals surface area contributed by atoms with Crippen LogP contribution in [0, 0.1) is 5.82 Å². The summed E-state index contributed by atoms with van der Waals surface area (Å²) in [7, 11) is 0. The molecule has 7 nitrogen and oxygen atoms in total. The molecule has 22 heavy (non-hydrogen) atoms. The van der Waals surface area contributed by atoms with E-state index in [0.717, 1.165) is 37.7 Å². The van der Waals surface area contributed by atoms with Gasteiger partial charge in [-0.2, -0.15) is 0 Å². The summed E-state index contributed by atoms with van der Waals surface area (Å²) in [5, 5.41) is 15.7. The number of hydrogen-bond acceptors (Lipinski definition) is 6. The molecule has 1 saturated heterocycles. The third kappa shape index (κ3) is 2.32. The van der Waals surface area contributed by atoms with Crippen LogP contribution in [0.4, 0.5) is 15.9 Å². The predicted molar refractivity (Wildman–Crippen MR) is 79.4 cm³/mol. The summed E-state index contributed by atoms with van der Waals surface area (Å²) in [6.07, 6.45) is 0. The summed E-state index contributed by atoms with van der Waals surface area (Å²) >= 11 is 0. The van der Waals surface area contributed by atoms with Crippen LogP contribution in [-0.2, 0) is 0 Å². The molecule has 0 amide bonds. The first-order chi connectivity index (χ1) is 10.8. The molecule has 3 heterocycles. The lowest BCUT2D eigenvalue weighted by molar-refractivity contribution is 0.621. The minimum absolute atomic E-state index is 0.207. The van der Waals surface area contributed by atoms with Crippen LogP contribution in [0.3, 0.4) is 0 Å². The number of fused-ring (bicyclic) bond motifs is 1. The van der Waals surface area contributed by atoms with Crippen molar-refractivity contribution in [2.75, 3.05) is 36.0 Å². The Morgan fingerprint density at radius 2 is 1.59 bits per heavy atom. The summed E-state index contributed by atoms with van der Waals surface area (Å²) in [6, 6.07) is 10.4. The highest BCUT2D eigenvalue weighted by Crippen LogP contribution is 2.19. The smallest absolute Gasteiger partial charge is 0.200 e. The standard InChI is InChI=1S/C14H14FN7/c15-11-1-3-12(4-2-11)20-7-9-21(10-8-20)14-6-5-13-16-18-19-22(13)17-14/h1-6H,7-10H2. The minimum Gasteiger partial charge on any atom is -0.368 e. The fourth-order valence-electron chi connectivity index (χ4n) is 2.65. The van der Waals surface area contributed by atoms with Crippen LogP contribution in [0.25, 0.3) is 5.65 Å². The normalized spacial score (nSPS) is 15.5. The van der Waals surface area contributed by atoms with Crippen LogP contribution in [0.15, 0.2) is 36.4 Å². The summed E-state index contributed by atoms with van der Waals surface area (Å²) in [6.45, 7) is 3.41. The lowest BCUT2D eigenvalue weighted by Gasteiger charge is -2.36. The molecule has 112 valence electrons. The van der Waals surface area contributed by atoms with Crippen molar-refractivity contribution in [1.29, 1.82) is 0 Å². The van der Waals surface area contributed by atoms with Crippen molar-refractivity contribution in [3.63, 3.8) is 0 Å². The molecular formula is C14H14FN7. The molecule has 4 rings (SSSR count). The van der Waals surface area contributed by atoms with Gasteiger partial charge < -0.3 is 9.80 Å². The second kappa shape index (κ2) is 5.21. The zero-order chi connectivity index (χ0) is 14.9. The Morgan fingerprint density at radius 1 is 0.864 bits per heavy atom. The maximum atomic E-state index is 13.0. The van der Waals surface area contributed by atoms with Crippen LogP contribution in [-0.4, -0.2) is 51.4 Å². The first kappa shape index (κ1) is 12.9. The quantitative estimate of drug-likeness (QED) is 0.703. The SMILES string of the molecule is Fc1ccc(N2CCN(c3ccc4nnnn4n3)CC2)cc1. The van der Waals surface area contributed by atoms with Crippen molar-refractivity contribution >= 4 is 17.2 Å². The van der Waals surface area contributed by atoms with Gasteiger partial charge in [0.1, 0.15) is 5.82 Å². The predicted octanol–water partition coefficient (Wildman–Crippen LogP) is 0.985. The highest BCUT2D eigenvalue weighted by molar-refractivity contribution is 5.50. The van der Waals surface area contributed by atoms with Crippen LogP contribution in [0.5, 0.6) is 0 Å². The third-order valence-corrected chi connectivity index (χ3v) is 3.85. The van der Waals surface area contributed by atoms with Crippen LogP contribution < -0.4 is 9.80 Å². The van der Waals surface area contributed by atoms with Gasteiger partial charge >= 0.3 is 0 Å². The van der Waals surface area contributed by atoms with Gasteiger partial charge in [0, 0.05) is 31.9 Å². The van der Waals surface area contributed by atoms with Gasteiger partial charge in [0.2, 0.25) is 0 Å². The first-order valence-electron chi connectivity index (χ1n) is 7.10. The summed E-state index contributed by atoms with van der Waals surface area (Å²) in [5.74, 6) is 0.653. The van der Waals surface area contributed by atoms with Crippen molar-refractivity contribution < 1.29 is 4.39 Å². The molecule has 0 bridgehead atoms. The van der Waals surface area contributed by atoms with Gasteiger partial charge in [0.15, 0.2) is 11.5 Å². The van der Waals surface area contributed by atoms with Crippen molar-refractivity contribution in [3.8, 4) is 0 Å². The van der Waals surface area contributed by atoms with Crippen molar-refractivity contribution in [3.05, 3.63) is 42.2 Å². The first-order valence-corrected chi connectivity index (χ1v) is 7.10. The molecule has 2 aromatic heterocycles. The molecule has 0 radical (unpaired) electrons. The largest absolute Gasteiger partial charge is 0.368 e. The van der Waals surface area contributed by atoms with E-state index in [9.17, 15) is 4.39 Å². The number of anilines is 2. The fraction of sp³-hybridized carbons (Fsp3) is 0.286. The topological polar surface area (TPSA) is 62.5 Å². The average molecular weight is 299 g/mol. The Kier molecular flexibility index (Phi) is 3.06. The number of nitrogens with zero attached hydrogens (tertiary/aromatic N) is 7. The van der Waals surface area contributed by atoms with Crippen LogP contribution in [0.2, 0.25) is 0 Å². The van der Waals surface area contributed by atoms with Gasteiger partial charge in [-0.1, -0.05) is 0 Å². The maximum Gasteiger partial charge on any atom is 0.200 e.